The molecule has 1 saturated carbocycles. The first-order valence-electron chi connectivity index (χ1n) is 8.18. The van der Waals surface area contributed by atoms with E-state index in [1.165, 1.54) is 0 Å². The number of aliphatic hydroxyl groups is 1. The SMILES string of the molecule is [O-][NH+](O)c1ccccc1CN1C[C@H](O)C[C@H]1c1nc(C2CC2)no1. The van der Waals surface area contributed by atoms with Crippen molar-refractivity contribution in [1.29, 1.82) is 0 Å². The second kappa shape index (κ2) is 6.23. The van der Waals surface area contributed by atoms with E-state index in [1.54, 1.807) is 18.2 Å². The number of benzene rings is 1. The minimum absolute atomic E-state index is 0.179. The fourth-order valence-corrected chi connectivity index (χ4v) is 3.29. The predicted octanol–water partition coefficient (Wildman–Crippen LogP) is 0.658. The number of rotatable bonds is 5. The van der Waals surface area contributed by atoms with Crippen LogP contribution in [0.2, 0.25) is 0 Å². The second-order valence-corrected chi connectivity index (χ2v) is 6.56. The van der Waals surface area contributed by atoms with Gasteiger partial charge in [-0.3, -0.25) is 4.90 Å². The summed E-state index contributed by atoms with van der Waals surface area (Å²) in [5, 5.41) is 33.9. The summed E-state index contributed by atoms with van der Waals surface area (Å²) in [6.45, 7) is 0.880. The monoisotopic (exact) mass is 332 g/mol. The smallest absolute Gasteiger partial charge is 0.244 e. The normalized spacial score (nSPS) is 26.0. The molecule has 0 amide bonds. The van der Waals surface area contributed by atoms with Crippen LogP contribution in [0.25, 0.3) is 0 Å². The number of hydrogen-bond donors (Lipinski definition) is 3. The number of nitrogens with one attached hydrogen (secondary N) is 1. The Balaban J connectivity index is 1.56. The van der Waals surface area contributed by atoms with Gasteiger partial charge in [-0.15, -0.1) is 0 Å². The van der Waals surface area contributed by atoms with Gasteiger partial charge in [-0.1, -0.05) is 23.4 Å². The maximum absolute atomic E-state index is 11.4. The van der Waals surface area contributed by atoms with E-state index in [-0.39, 0.29) is 11.7 Å². The Kier molecular flexibility index (Phi) is 4.07. The quantitative estimate of drug-likeness (QED) is 0.690. The molecule has 2 heterocycles. The molecule has 4 rings (SSSR count). The van der Waals surface area contributed by atoms with Crippen LogP contribution in [0.3, 0.4) is 0 Å². The summed E-state index contributed by atoms with van der Waals surface area (Å²) in [5.41, 5.74) is 0.993. The number of hydrogen-bond acceptors (Lipinski definition) is 7. The van der Waals surface area contributed by atoms with Gasteiger partial charge in [-0.2, -0.15) is 10.2 Å². The third-order valence-electron chi connectivity index (χ3n) is 4.69. The van der Waals surface area contributed by atoms with Crippen LogP contribution in [0.5, 0.6) is 0 Å². The van der Waals surface area contributed by atoms with Crippen molar-refractivity contribution < 1.29 is 20.1 Å². The Morgan fingerprint density at radius 2 is 2.12 bits per heavy atom. The molecule has 3 N–H and O–H groups in total. The molecule has 128 valence electrons. The van der Waals surface area contributed by atoms with Crippen LogP contribution >= 0.6 is 0 Å². The molecular weight excluding hydrogens is 312 g/mol. The maximum atomic E-state index is 11.4. The first kappa shape index (κ1) is 15.7. The Labute approximate surface area is 138 Å². The fourth-order valence-electron chi connectivity index (χ4n) is 3.29. The maximum Gasteiger partial charge on any atom is 0.244 e. The number of quaternary nitrogens is 1. The highest BCUT2D eigenvalue weighted by atomic mass is 16.8. The zero-order chi connectivity index (χ0) is 16.7. The van der Waals surface area contributed by atoms with Gasteiger partial charge in [-0.05, 0) is 19.3 Å². The summed E-state index contributed by atoms with van der Waals surface area (Å²) in [6.07, 6.45) is 2.23. The molecule has 24 heavy (non-hydrogen) atoms. The molecule has 1 unspecified atom stereocenters. The lowest BCUT2D eigenvalue weighted by Crippen LogP contribution is -2.99. The molecule has 0 spiro atoms. The molecule has 3 atom stereocenters. The predicted molar refractivity (Wildman–Crippen MR) is 82.3 cm³/mol. The molecule has 0 radical (unpaired) electrons. The summed E-state index contributed by atoms with van der Waals surface area (Å²) in [6, 6.07) is 6.75. The van der Waals surface area contributed by atoms with Gasteiger partial charge < -0.3 is 14.8 Å². The number of aromatic nitrogens is 2. The summed E-state index contributed by atoms with van der Waals surface area (Å²) >= 11 is 0. The molecule has 0 bridgehead atoms. The van der Waals surface area contributed by atoms with Crippen molar-refractivity contribution in [2.24, 2.45) is 0 Å². The van der Waals surface area contributed by atoms with Gasteiger partial charge in [0.05, 0.1) is 12.1 Å². The molecule has 1 aliphatic carbocycles. The average Bonchev–Trinajstić information content (AvgIpc) is 3.18. The third kappa shape index (κ3) is 3.06. The Hall–Kier alpha value is -1.84. The lowest BCUT2D eigenvalue weighted by Gasteiger charge is -2.23. The van der Waals surface area contributed by atoms with Gasteiger partial charge in [0.25, 0.3) is 0 Å². The molecule has 2 fully saturated rings. The van der Waals surface area contributed by atoms with Gasteiger partial charge >= 0.3 is 0 Å². The zero-order valence-electron chi connectivity index (χ0n) is 13.1. The molecule has 2 aromatic rings. The van der Waals surface area contributed by atoms with Crippen molar-refractivity contribution in [3.05, 3.63) is 46.8 Å². The molecule has 1 aromatic heterocycles. The van der Waals surface area contributed by atoms with Gasteiger partial charge in [0.1, 0.15) is 0 Å². The van der Waals surface area contributed by atoms with E-state index in [9.17, 15) is 15.5 Å². The van der Waals surface area contributed by atoms with Crippen molar-refractivity contribution in [2.45, 2.75) is 43.9 Å². The third-order valence-corrected chi connectivity index (χ3v) is 4.69. The zero-order valence-corrected chi connectivity index (χ0v) is 13.1. The fraction of sp³-hybridized carbons (Fsp3) is 0.500. The van der Waals surface area contributed by atoms with E-state index in [0.717, 1.165) is 18.7 Å². The van der Waals surface area contributed by atoms with E-state index in [1.807, 2.05) is 11.0 Å². The molecular formula is C16H20N4O4. The van der Waals surface area contributed by atoms with E-state index in [2.05, 4.69) is 10.1 Å². The van der Waals surface area contributed by atoms with Crippen molar-refractivity contribution >= 4 is 5.69 Å². The van der Waals surface area contributed by atoms with Gasteiger partial charge in [0.15, 0.2) is 11.5 Å². The van der Waals surface area contributed by atoms with Crippen LogP contribution in [0.1, 0.15) is 48.5 Å². The Morgan fingerprint density at radius 3 is 2.88 bits per heavy atom. The van der Waals surface area contributed by atoms with E-state index >= 15 is 0 Å². The van der Waals surface area contributed by atoms with Gasteiger partial charge in [-0.25, -0.2) is 5.21 Å². The first-order chi connectivity index (χ1) is 11.6. The van der Waals surface area contributed by atoms with Crippen LogP contribution in [-0.2, 0) is 6.54 Å². The Morgan fingerprint density at radius 1 is 1.33 bits per heavy atom. The van der Waals surface area contributed by atoms with Crippen LogP contribution in [0.15, 0.2) is 28.8 Å². The average molecular weight is 332 g/mol. The number of para-hydroxylation sites is 1. The molecule has 1 aliphatic heterocycles. The highest BCUT2D eigenvalue weighted by molar-refractivity contribution is 5.39. The number of aliphatic hydroxyl groups excluding tert-OH is 1. The van der Waals surface area contributed by atoms with Crippen LogP contribution in [0.4, 0.5) is 5.69 Å². The van der Waals surface area contributed by atoms with Gasteiger partial charge in [0, 0.05) is 30.6 Å². The van der Waals surface area contributed by atoms with Crippen molar-refractivity contribution in [1.82, 2.24) is 15.0 Å². The van der Waals surface area contributed by atoms with Crippen molar-refractivity contribution in [3.8, 4) is 0 Å². The van der Waals surface area contributed by atoms with Crippen molar-refractivity contribution in [3.63, 3.8) is 0 Å². The highest BCUT2D eigenvalue weighted by Crippen LogP contribution is 2.40. The summed E-state index contributed by atoms with van der Waals surface area (Å²) in [7, 11) is 0. The van der Waals surface area contributed by atoms with Crippen LogP contribution < -0.4 is 5.23 Å². The minimum Gasteiger partial charge on any atom is -0.595 e. The summed E-state index contributed by atoms with van der Waals surface area (Å²) in [5.74, 6) is 1.67. The molecule has 1 aromatic carbocycles. The first-order valence-corrected chi connectivity index (χ1v) is 8.18. The van der Waals surface area contributed by atoms with Crippen LogP contribution in [-0.4, -0.2) is 38.0 Å². The van der Waals surface area contributed by atoms with E-state index < -0.39 is 11.3 Å². The number of likely N-dealkylation sites (tertiary alicyclic amines) is 1. The molecule has 8 heteroatoms. The summed E-state index contributed by atoms with van der Waals surface area (Å²) in [4.78, 5) is 6.50. The largest absolute Gasteiger partial charge is 0.595 e. The Bertz CT molecular complexity index is 716. The van der Waals surface area contributed by atoms with E-state index in [0.29, 0.717) is 36.9 Å². The van der Waals surface area contributed by atoms with Crippen LogP contribution in [0, 0.1) is 5.21 Å². The second-order valence-electron chi connectivity index (χ2n) is 6.56. The number of β-amino-alcohol motifs (C(OH)–C–C–N with tert-alkyl or cyclic N) is 1. The highest BCUT2D eigenvalue weighted by Gasteiger charge is 2.38. The number of nitrogens with zero attached hydrogens (tertiary/aromatic N) is 3. The standard InChI is InChI=1S/C16H20N4O4/c21-12-7-14(16-17-15(18-24-16)10-5-6-10)19(9-12)8-11-3-1-2-4-13(11)20(22)23/h1-4,10,12,14,20-22H,5-9H2/t12-,14+/m1/s1. The lowest BCUT2D eigenvalue weighted by molar-refractivity contribution is -0.991. The minimum atomic E-state index is -0.948. The molecule has 1 saturated heterocycles. The topological polar surface area (TPSA) is 110 Å². The van der Waals surface area contributed by atoms with Crippen molar-refractivity contribution in [2.75, 3.05) is 6.54 Å². The summed E-state index contributed by atoms with van der Waals surface area (Å²) < 4.78 is 5.41. The lowest BCUT2D eigenvalue weighted by atomic mass is 10.1. The molecule has 8 nitrogen and oxygen atoms in total. The van der Waals surface area contributed by atoms with E-state index in [4.69, 9.17) is 4.52 Å². The molecule has 2 aliphatic rings. The van der Waals surface area contributed by atoms with Gasteiger partial charge in [0.2, 0.25) is 5.89 Å².